The quantitative estimate of drug-likeness (QED) is 0.812. The molecule has 1 heterocycles. The molecular weight excluding hydrogens is 300 g/mol. The van der Waals surface area contributed by atoms with Gasteiger partial charge in [-0.1, -0.05) is 24.3 Å². The minimum atomic E-state index is 0. The summed E-state index contributed by atoms with van der Waals surface area (Å²) in [5.74, 6) is 0.0130. The van der Waals surface area contributed by atoms with Gasteiger partial charge in [0.25, 0.3) is 0 Å². The number of halogens is 1. The van der Waals surface area contributed by atoms with Crippen molar-refractivity contribution in [2.45, 2.75) is 19.5 Å². The van der Waals surface area contributed by atoms with Crippen LogP contribution in [0.15, 0.2) is 24.3 Å². The molecule has 124 valence electrons. The van der Waals surface area contributed by atoms with E-state index in [-0.39, 0.29) is 18.3 Å². The lowest BCUT2D eigenvalue weighted by Crippen LogP contribution is -2.43. The molecule has 6 heteroatoms. The number of amides is 1. The fourth-order valence-electron chi connectivity index (χ4n) is 2.45. The molecule has 0 radical (unpaired) electrons. The zero-order valence-corrected chi connectivity index (χ0v) is 14.1. The molecule has 5 nitrogen and oxygen atoms in total. The highest BCUT2D eigenvalue weighted by molar-refractivity contribution is 5.85. The first-order valence-corrected chi connectivity index (χ1v) is 7.63. The minimum absolute atomic E-state index is 0. The molecule has 0 bridgehead atoms. The lowest BCUT2D eigenvalue weighted by molar-refractivity contribution is -0.121. The smallest absolute Gasteiger partial charge is 0.221 e. The molecule has 1 fully saturated rings. The van der Waals surface area contributed by atoms with Crippen molar-refractivity contribution in [1.29, 1.82) is 0 Å². The Balaban J connectivity index is 0.00000242. The lowest BCUT2D eigenvalue weighted by Gasteiger charge is -2.32. The average Bonchev–Trinajstić information content (AvgIpc) is 2.49. The van der Waals surface area contributed by atoms with E-state index in [1.165, 1.54) is 5.56 Å². The number of piperazine rings is 1. The van der Waals surface area contributed by atoms with Crippen molar-refractivity contribution in [3.05, 3.63) is 35.4 Å². The molecule has 0 saturated carbocycles. The van der Waals surface area contributed by atoms with E-state index in [0.29, 0.717) is 19.5 Å². The highest BCUT2D eigenvalue weighted by Crippen LogP contribution is 2.09. The van der Waals surface area contributed by atoms with E-state index in [4.69, 9.17) is 5.73 Å². The van der Waals surface area contributed by atoms with Crippen LogP contribution in [-0.2, 0) is 17.9 Å². The summed E-state index contributed by atoms with van der Waals surface area (Å²) in [5.41, 5.74) is 7.80. The molecule has 0 spiro atoms. The fraction of sp³-hybridized carbons (Fsp3) is 0.562. The lowest BCUT2D eigenvalue weighted by atomic mass is 10.1. The van der Waals surface area contributed by atoms with Gasteiger partial charge in [-0.25, -0.2) is 0 Å². The number of hydrogen-bond donors (Lipinski definition) is 2. The highest BCUT2D eigenvalue weighted by Gasteiger charge is 2.13. The van der Waals surface area contributed by atoms with Crippen molar-refractivity contribution in [1.82, 2.24) is 15.1 Å². The molecule has 0 aliphatic carbocycles. The minimum Gasteiger partial charge on any atom is -0.352 e. The van der Waals surface area contributed by atoms with E-state index in [1.54, 1.807) is 0 Å². The van der Waals surface area contributed by atoms with E-state index in [0.717, 1.165) is 38.3 Å². The van der Waals surface area contributed by atoms with E-state index in [2.05, 4.69) is 46.4 Å². The summed E-state index contributed by atoms with van der Waals surface area (Å²) in [4.78, 5) is 16.2. The second kappa shape index (κ2) is 9.79. The maximum Gasteiger partial charge on any atom is 0.221 e. The van der Waals surface area contributed by atoms with Crippen LogP contribution < -0.4 is 11.1 Å². The second-order valence-corrected chi connectivity index (χ2v) is 5.71. The number of nitrogens with zero attached hydrogens (tertiary/aromatic N) is 2. The Kier molecular flexibility index (Phi) is 8.42. The van der Waals surface area contributed by atoms with Crippen LogP contribution in [0.4, 0.5) is 0 Å². The van der Waals surface area contributed by atoms with Gasteiger partial charge in [0.1, 0.15) is 0 Å². The molecule has 22 heavy (non-hydrogen) atoms. The molecule has 1 aromatic carbocycles. The van der Waals surface area contributed by atoms with Crippen molar-refractivity contribution in [3.8, 4) is 0 Å². The van der Waals surface area contributed by atoms with E-state index in [1.807, 2.05) is 0 Å². The number of rotatable bonds is 6. The average molecular weight is 327 g/mol. The van der Waals surface area contributed by atoms with Crippen LogP contribution in [0, 0.1) is 0 Å². The van der Waals surface area contributed by atoms with Crippen molar-refractivity contribution >= 4 is 18.3 Å². The number of benzene rings is 1. The van der Waals surface area contributed by atoms with Gasteiger partial charge in [-0.2, -0.15) is 0 Å². The molecule has 2 rings (SSSR count). The third kappa shape index (κ3) is 6.32. The topological polar surface area (TPSA) is 61.6 Å². The number of carbonyl (C=O) groups is 1. The summed E-state index contributed by atoms with van der Waals surface area (Å²) in [5, 5.41) is 2.87. The third-order valence-electron chi connectivity index (χ3n) is 3.89. The first kappa shape index (κ1) is 18.9. The van der Waals surface area contributed by atoms with E-state index < -0.39 is 0 Å². The highest BCUT2D eigenvalue weighted by atomic mass is 35.5. The molecule has 0 atom stereocenters. The van der Waals surface area contributed by atoms with Crippen LogP contribution in [0.5, 0.6) is 0 Å². The standard InChI is InChI=1S/C16H26N4O.ClH/c1-19-8-10-20(11-9-19)13-15-4-2-14(3-5-15)12-18-16(21)6-7-17;/h2-5H,6-13,17H2,1H3,(H,18,21);1H. The van der Waals surface area contributed by atoms with Gasteiger partial charge in [-0.15, -0.1) is 12.4 Å². The Morgan fingerprint density at radius 1 is 1.14 bits per heavy atom. The number of carbonyl (C=O) groups excluding carboxylic acids is 1. The summed E-state index contributed by atoms with van der Waals surface area (Å²) in [6.07, 6.45) is 0.390. The van der Waals surface area contributed by atoms with E-state index in [9.17, 15) is 4.79 Å². The molecule has 1 amide bonds. The largest absolute Gasteiger partial charge is 0.352 e. The molecule has 3 N–H and O–H groups in total. The molecule has 1 aromatic rings. The van der Waals surface area contributed by atoms with Gasteiger partial charge < -0.3 is 16.0 Å². The van der Waals surface area contributed by atoms with Crippen molar-refractivity contribution in [2.24, 2.45) is 5.73 Å². The van der Waals surface area contributed by atoms with Crippen LogP contribution in [0.3, 0.4) is 0 Å². The van der Waals surface area contributed by atoms with Crippen LogP contribution in [0.2, 0.25) is 0 Å². The Morgan fingerprint density at radius 2 is 1.73 bits per heavy atom. The van der Waals surface area contributed by atoms with Gasteiger partial charge in [0, 0.05) is 52.2 Å². The van der Waals surface area contributed by atoms with Crippen LogP contribution in [-0.4, -0.2) is 55.5 Å². The SMILES string of the molecule is CN1CCN(Cc2ccc(CNC(=O)CCN)cc2)CC1.Cl. The Bertz CT molecular complexity index is 444. The van der Waals surface area contributed by atoms with Crippen molar-refractivity contribution in [2.75, 3.05) is 39.8 Å². The summed E-state index contributed by atoms with van der Waals surface area (Å²) < 4.78 is 0. The maximum absolute atomic E-state index is 11.4. The number of nitrogens with two attached hydrogens (primary N) is 1. The van der Waals surface area contributed by atoms with Crippen molar-refractivity contribution in [3.63, 3.8) is 0 Å². The van der Waals surface area contributed by atoms with Gasteiger partial charge >= 0.3 is 0 Å². The zero-order valence-electron chi connectivity index (χ0n) is 13.3. The molecule has 1 aliphatic heterocycles. The van der Waals surface area contributed by atoms with Crippen LogP contribution >= 0.6 is 12.4 Å². The second-order valence-electron chi connectivity index (χ2n) is 5.71. The van der Waals surface area contributed by atoms with Crippen LogP contribution in [0.25, 0.3) is 0 Å². The number of likely N-dealkylation sites (N-methyl/N-ethyl adjacent to an activating group) is 1. The monoisotopic (exact) mass is 326 g/mol. The Hall–Kier alpha value is -1.14. The first-order chi connectivity index (χ1) is 10.2. The molecule has 1 saturated heterocycles. The van der Waals surface area contributed by atoms with Crippen LogP contribution in [0.1, 0.15) is 17.5 Å². The van der Waals surface area contributed by atoms with Gasteiger partial charge in [0.2, 0.25) is 5.91 Å². The maximum atomic E-state index is 11.4. The molecular formula is C16H27ClN4O. The predicted octanol–water partition coefficient (Wildman–Crippen LogP) is 0.821. The Labute approximate surface area is 139 Å². The molecule has 0 unspecified atom stereocenters. The van der Waals surface area contributed by atoms with E-state index >= 15 is 0 Å². The van der Waals surface area contributed by atoms with Gasteiger partial charge in [0.15, 0.2) is 0 Å². The van der Waals surface area contributed by atoms with Gasteiger partial charge in [0.05, 0.1) is 0 Å². The van der Waals surface area contributed by atoms with Crippen molar-refractivity contribution < 1.29 is 4.79 Å². The molecule has 1 aliphatic rings. The fourth-order valence-corrected chi connectivity index (χ4v) is 2.45. The first-order valence-electron chi connectivity index (χ1n) is 7.63. The summed E-state index contributed by atoms with van der Waals surface area (Å²) >= 11 is 0. The third-order valence-corrected chi connectivity index (χ3v) is 3.89. The zero-order chi connectivity index (χ0) is 15.1. The number of hydrogen-bond acceptors (Lipinski definition) is 4. The summed E-state index contributed by atoms with van der Waals surface area (Å²) in [7, 11) is 2.17. The Morgan fingerprint density at radius 3 is 2.32 bits per heavy atom. The normalized spacial score (nSPS) is 16.1. The van der Waals surface area contributed by atoms with Gasteiger partial charge in [-0.05, 0) is 18.2 Å². The predicted molar refractivity (Wildman–Crippen MR) is 92.0 cm³/mol. The number of nitrogens with one attached hydrogen (secondary N) is 1. The summed E-state index contributed by atoms with van der Waals surface area (Å²) in [6, 6.07) is 8.49. The summed E-state index contributed by atoms with van der Waals surface area (Å²) in [6.45, 7) is 6.54. The molecule has 0 aromatic heterocycles. The van der Waals surface area contributed by atoms with Gasteiger partial charge in [-0.3, -0.25) is 9.69 Å².